The zero-order chi connectivity index (χ0) is 13.0. The lowest BCUT2D eigenvalue weighted by molar-refractivity contribution is 0.0812. The lowest BCUT2D eigenvalue weighted by Gasteiger charge is -2.30. The quantitative estimate of drug-likeness (QED) is 0.855. The van der Waals surface area contributed by atoms with E-state index in [1.807, 2.05) is 0 Å². The summed E-state index contributed by atoms with van der Waals surface area (Å²) in [6, 6.07) is 8.47. The molecule has 3 nitrogen and oxygen atoms in total. The van der Waals surface area contributed by atoms with Crippen molar-refractivity contribution in [2.45, 2.75) is 38.3 Å². The van der Waals surface area contributed by atoms with Gasteiger partial charge in [-0.1, -0.05) is 24.3 Å². The third kappa shape index (κ3) is 3.55. The molecule has 1 aromatic rings. The molecule has 0 aromatic heterocycles. The van der Waals surface area contributed by atoms with Crippen LogP contribution in [-0.2, 0) is 0 Å². The van der Waals surface area contributed by atoms with Crippen molar-refractivity contribution in [1.29, 1.82) is 0 Å². The molecule has 0 amide bonds. The monoisotopic (exact) mass is 248 g/mol. The summed E-state index contributed by atoms with van der Waals surface area (Å²) in [5, 5.41) is 9.47. The molecule has 1 aliphatic heterocycles. The normalized spacial score (nSPS) is 19.9. The minimum Gasteiger partial charge on any atom is -0.393 e. The molecule has 0 aliphatic carbocycles. The highest BCUT2D eigenvalue weighted by Crippen LogP contribution is 2.19. The lowest BCUT2D eigenvalue weighted by atomic mass is 9.99. The highest BCUT2D eigenvalue weighted by atomic mass is 16.3. The van der Waals surface area contributed by atoms with Crippen LogP contribution in [-0.4, -0.2) is 35.7 Å². The first-order valence-electron chi connectivity index (χ1n) is 6.88. The molecule has 100 valence electrons. The minimum absolute atomic E-state index is 0.0914. The molecule has 1 saturated heterocycles. The maximum Gasteiger partial charge on any atom is 0.0564 e. The second-order valence-electron chi connectivity index (χ2n) is 5.32. The van der Waals surface area contributed by atoms with Crippen molar-refractivity contribution in [3.05, 3.63) is 35.4 Å². The SMILES string of the molecule is Cc1ccccc1C(N)CCN1CCC(O)CC1. The van der Waals surface area contributed by atoms with Crippen LogP contribution in [0, 0.1) is 6.92 Å². The average molecular weight is 248 g/mol. The van der Waals surface area contributed by atoms with E-state index in [1.165, 1.54) is 11.1 Å². The molecule has 0 saturated carbocycles. The number of aryl methyl sites for hydroxylation is 1. The van der Waals surface area contributed by atoms with Crippen molar-refractivity contribution in [2.24, 2.45) is 5.73 Å². The largest absolute Gasteiger partial charge is 0.393 e. The van der Waals surface area contributed by atoms with Crippen molar-refractivity contribution < 1.29 is 5.11 Å². The van der Waals surface area contributed by atoms with Gasteiger partial charge in [-0.05, 0) is 43.9 Å². The van der Waals surface area contributed by atoms with Gasteiger partial charge in [-0.25, -0.2) is 0 Å². The third-order valence-electron chi connectivity index (χ3n) is 3.90. The van der Waals surface area contributed by atoms with Crippen LogP contribution in [0.25, 0.3) is 0 Å². The number of likely N-dealkylation sites (tertiary alicyclic amines) is 1. The highest BCUT2D eigenvalue weighted by molar-refractivity contribution is 5.28. The topological polar surface area (TPSA) is 49.5 Å². The molecule has 1 atom stereocenters. The van der Waals surface area contributed by atoms with E-state index in [0.29, 0.717) is 0 Å². The summed E-state index contributed by atoms with van der Waals surface area (Å²) in [5.41, 5.74) is 8.80. The number of aliphatic hydroxyl groups excluding tert-OH is 1. The van der Waals surface area contributed by atoms with E-state index in [1.54, 1.807) is 0 Å². The van der Waals surface area contributed by atoms with Crippen molar-refractivity contribution >= 4 is 0 Å². The molecule has 18 heavy (non-hydrogen) atoms. The molecular weight excluding hydrogens is 224 g/mol. The Morgan fingerprint density at radius 2 is 2.00 bits per heavy atom. The first-order valence-corrected chi connectivity index (χ1v) is 6.88. The number of nitrogens with two attached hydrogens (primary N) is 1. The third-order valence-corrected chi connectivity index (χ3v) is 3.90. The summed E-state index contributed by atoms with van der Waals surface area (Å²) in [6.07, 6.45) is 2.70. The Morgan fingerprint density at radius 3 is 2.67 bits per heavy atom. The van der Waals surface area contributed by atoms with Crippen LogP contribution in [0.15, 0.2) is 24.3 Å². The zero-order valence-corrected chi connectivity index (χ0v) is 11.2. The smallest absolute Gasteiger partial charge is 0.0564 e. The number of rotatable bonds is 4. The molecular formula is C15H24N2O. The van der Waals surface area contributed by atoms with Gasteiger partial charge in [0, 0.05) is 19.1 Å². The van der Waals surface area contributed by atoms with Crippen molar-refractivity contribution in [3.63, 3.8) is 0 Å². The van der Waals surface area contributed by atoms with E-state index in [-0.39, 0.29) is 12.1 Å². The molecule has 2 rings (SSSR count). The van der Waals surface area contributed by atoms with E-state index < -0.39 is 0 Å². The van der Waals surface area contributed by atoms with Crippen molar-refractivity contribution in [3.8, 4) is 0 Å². The highest BCUT2D eigenvalue weighted by Gasteiger charge is 2.17. The van der Waals surface area contributed by atoms with Gasteiger partial charge < -0.3 is 15.7 Å². The summed E-state index contributed by atoms with van der Waals surface area (Å²) in [5.74, 6) is 0. The van der Waals surface area contributed by atoms with E-state index in [0.717, 1.165) is 38.9 Å². The summed E-state index contributed by atoms with van der Waals surface area (Å²) in [6.45, 7) is 5.15. The van der Waals surface area contributed by atoms with Gasteiger partial charge in [-0.3, -0.25) is 0 Å². The van der Waals surface area contributed by atoms with Gasteiger partial charge in [0.15, 0.2) is 0 Å². The second kappa shape index (κ2) is 6.32. The number of benzene rings is 1. The summed E-state index contributed by atoms with van der Waals surface area (Å²) >= 11 is 0. The van der Waals surface area contributed by atoms with E-state index >= 15 is 0 Å². The van der Waals surface area contributed by atoms with Crippen LogP contribution in [0.2, 0.25) is 0 Å². The van der Waals surface area contributed by atoms with Crippen LogP contribution in [0.1, 0.15) is 36.4 Å². The molecule has 0 radical (unpaired) electrons. The maximum absolute atomic E-state index is 9.47. The van der Waals surface area contributed by atoms with Crippen LogP contribution < -0.4 is 5.73 Å². The Labute approximate surface area is 110 Å². The molecule has 1 unspecified atom stereocenters. The lowest BCUT2D eigenvalue weighted by Crippen LogP contribution is -2.37. The summed E-state index contributed by atoms with van der Waals surface area (Å²) < 4.78 is 0. The fourth-order valence-corrected chi connectivity index (χ4v) is 2.62. The van der Waals surface area contributed by atoms with E-state index in [9.17, 15) is 5.11 Å². The number of piperidine rings is 1. The molecule has 0 spiro atoms. The van der Waals surface area contributed by atoms with Gasteiger partial charge in [-0.15, -0.1) is 0 Å². The van der Waals surface area contributed by atoms with Gasteiger partial charge in [-0.2, -0.15) is 0 Å². The van der Waals surface area contributed by atoms with Crippen molar-refractivity contribution in [2.75, 3.05) is 19.6 Å². The number of nitrogens with zero attached hydrogens (tertiary/aromatic N) is 1. The molecule has 1 aromatic carbocycles. The molecule has 3 N–H and O–H groups in total. The van der Waals surface area contributed by atoms with Gasteiger partial charge in [0.2, 0.25) is 0 Å². The number of aliphatic hydroxyl groups is 1. The Bertz CT molecular complexity index is 373. The van der Waals surface area contributed by atoms with Crippen LogP contribution in [0.3, 0.4) is 0 Å². The molecule has 3 heteroatoms. The average Bonchev–Trinajstić information content (AvgIpc) is 2.38. The van der Waals surface area contributed by atoms with Crippen LogP contribution >= 0.6 is 0 Å². The van der Waals surface area contributed by atoms with E-state index in [4.69, 9.17) is 5.73 Å². The standard InChI is InChI=1S/C15H24N2O/c1-12-4-2-3-5-14(12)15(16)8-11-17-9-6-13(18)7-10-17/h2-5,13,15,18H,6-11,16H2,1H3. The fraction of sp³-hybridized carbons (Fsp3) is 0.600. The van der Waals surface area contributed by atoms with E-state index in [2.05, 4.69) is 36.1 Å². The summed E-state index contributed by atoms with van der Waals surface area (Å²) in [7, 11) is 0. The van der Waals surface area contributed by atoms with Gasteiger partial charge in [0.25, 0.3) is 0 Å². The molecule has 1 fully saturated rings. The predicted octanol–water partition coefficient (Wildman–Crippen LogP) is 1.84. The summed E-state index contributed by atoms with van der Waals surface area (Å²) in [4.78, 5) is 2.41. The molecule has 1 aliphatic rings. The maximum atomic E-state index is 9.47. The number of hydrogen-bond acceptors (Lipinski definition) is 3. The first-order chi connectivity index (χ1) is 8.66. The minimum atomic E-state index is -0.0914. The Hall–Kier alpha value is -0.900. The van der Waals surface area contributed by atoms with Gasteiger partial charge in [0.1, 0.15) is 0 Å². The van der Waals surface area contributed by atoms with Crippen molar-refractivity contribution in [1.82, 2.24) is 4.90 Å². The Kier molecular flexibility index (Phi) is 4.75. The second-order valence-corrected chi connectivity index (χ2v) is 5.32. The Balaban J connectivity index is 1.81. The van der Waals surface area contributed by atoms with Gasteiger partial charge >= 0.3 is 0 Å². The zero-order valence-electron chi connectivity index (χ0n) is 11.2. The number of hydrogen-bond donors (Lipinski definition) is 2. The Morgan fingerprint density at radius 1 is 1.33 bits per heavy atom. The molecule has 0 bridgehead atoms. The van der Waals surface area contributed by atoms with Crippen LogP contribution in [0.5, 0.6) is 0 Å². The fourth-order valence-electron chi connectivity index (χ4n) is 2.62. The molecule has 1 heterocycles. The van der Waals surface area contributed by atoms with Gasteiger partial charge in [0.05, 0.1) is 6.10 Å². The first kappa shape index (κ1) is 13.5. The predicted molar refractivity (Wildman–Crippen MR) is 74.4 cm³/mol. The van der Waals surface area contributed by atoms with Crippen LogP contribution in [0.4, 0.5) is 0 Å².